The Balaban J connectivity index is 2.08. The third kappa shape index (κ3) is 2.84. The van der Waals surface area contributed by atoms with Crippen LogP contribution in [0.1, 0.15) is 31.2 Å². The lowest BCUT2D eigenvalue weighted by Crippen LogP contribution is -2.39. The quantitative estimate of drug-likeness (QED) is 0.487. The second kappa shape index (κ2) is 6.11. The van der Waals surface area contributed by atoms with E-state index in [4.69, 9.17) is 5.84 Å². The molecule has 17 heavy (non-hydrogen) atoms. The Bertz CT molecular complexity index is 433. The maximum Gasteiger partial charge on any atom is 0.0296 e. The lowest BCUT2D eigenvalue weighted by molar-refractivity contribution is 0.443. The summed E-state index contributed by atoms with van der Waals surface area (Å²) in [6.45, 7) is 1.88. The molecule has 2 nitrogen and oxygen atoms in total. The first-order valence-corrected chi connectivity index (χ1v) is 6.93. The molecule has 1 aromatic rings. The molecule has 1 heterocycles. The monoisotopic (exact) mass is 246 g/mol. The zero-order valence-corrected chi connectivity index (χ0v) is 10.9. The number of benzene rings is 1. The van der Waals surface area contributed by atoms with E-state index in [0.29, 0.717) is 12.0 Å². The second-order valence-corrected chi connectivity index (χ2v) is 5.26. The molecule has 2 rings (SSSR count). The molecule has 0 radical (unpaired) electrons. The van der Waals surface area contributed by atoms with Gasteiger partial charge < -0.3 is 0 Å². The molecule has 3 heteroatoms. The van der Waals surface area contributed by atoms with Gasteiger partial charge in [-0.3, -0.25) is 11.3 Å². The van der Waals surface area contributed by atoms with Gasteiger partial charge in [-0.1, -0.05) is 18.2 Å². The number of hydrogen-bond donors (Lipinski definition) is 2. The van der Waals surface area contributed by atoms with E-state index in [-0.39, 0.29) is 0 Å². The minimum Gasteiger partial charge on any atom is -0.271 e. The van der Waals surface area contributed by atoms with Crippen LogP contribution in [-0.4, -0.2) is 11.8 Å². The van der Waals surface area contributed by atoms with Gasteiger partial charge >= 0.3 is 0 Å². The standard InChI is InChI=1S/C14H18N2S/c1-2-3-4-8-13(16-15)12-10-17-14-9-6-5-7-11(12)14/h5-7,9,12-13,16H,4,8,10,15H2,1H3. The van der Waals surface area contributed by atoms with Gasteiger partial charge in [-0.15, -0.1) is 23.6 Å². The van der Waals surface area contributed by atoms with Crippen molar-refractivity contribution in [2.24, 2.45) is 5.84 Å². The van der Waals surface area contributed by atoms with E-state index >= 15 is 0 Å². The first-order valence-electron chi connectivity index (χ1n) is 5.94. The van der Waals surface area contributed by atoms with Gasteiger partial charge in [0.15, 0.2) is 0 Å². The molecule has 0 amide bonds. The zero-order chi connectivity index (χ0) is 12.1. The summed E-state index contributed by atoms with van der Waals surface area (Å²) < 4.78 is 0. The zero-order valence-electron chi connectivity index (χ0n) is 10.1. The molecule has 3 N–H and O–H groups in total. The molecule has 0 saturated heterocycles. The predicted molar refractivity (Wildman–Crippen MR) is 73.7 cm³/mol. The minimum absolute atomic E-state index is 0.326. The molecular formula is C14H18N2S. The van der Waals surface area contributed by atoms with Crippen LogP contribution in [0, 0.1) is 11.8 Å². The van der Waals surface area contributed by atoms with Crippen LogP contribution in [0.5, 0.6) is 0 Å². The van der Waals surface area contributed by atoms with Gasteiger partial charge in [0.2, 0.25) is 0 Å². The van der Waals surface area contributed by atoms with E-state index in [1.54, 1.807) is 0 Å². The molecule has 0 bridgehead atoms. The lowest BCUT2D eigenvalue weighted by atomic mass is 9.91. The summed E-state index contributed by atoms with van der Waals surface area (Å²) in [4.78, 5) is 1.40. The van der Waals surface area contributed by atoms with Crippen molar-refractivity contribution in [2.75, 3.05) is 5.75 Å². The average Bonchev–Trinajstić information content (AvgIpc) is 2.79. The van der Waals surface area contributed by atoms with E-state index in [2.05, 4.69) is 41.5 Å². The molecule has 2 atom stereocenters. The summed E-state index contributed by atoms with van der Waals surface area (Å²) in [6, 6.07) is 8.95. The number of rotatable bonds is 4. The molecule has 2 unspecified atom stereocenters. The van der Waals surface area contributed by atoms with Crippen LogP contribution in [0.2, 0.25) is 0 Å². The molecule has 90 valence electrons. The predicted octanol–water partition coefficient (Wildman–Crippen LogP) is 2.51. The summed E-state index contributed by atoms with van der Waals surface area (Å²) >= 11 is 1.93. The Hall–Kier alpha value is -0.950. The van der Waals surface area contributed by atoms with Crippen molar-refractivity contribution >= 4 is 11.8 Å². The molecule has 0 aliphatic carbocycles. The number of fused-ring (bicyclic) bond motifs is 1. The Morgan fingerprint density at radius 3 is 3.12 bits per heavy atom. The maximum absolute atomic E-state index is 5.68. The maximum atomic E-state index is 5.68. The van der Waals surface area contributed by atoms with Gasteiger partial charge in [0.25, 0.3) is 0 Å². The first-order chi connectivity index (χ1) is 8.36. The normalized spacial score (nSPS) is 19.3. The number of nitrogens with one attached hydrogen (secondary N) is 1. The highest BCUT2D eigenvalue weighted by atomic mass is 32.2. The van der Waals surface area contributed by atoms with Crippen molar-refractivity contribution in [3.8, 4) is 11.8 Å². The third-order valence-corrected chi connectivity index (χ3v) is 4.40. The van der Waals surface area contributed by atoms with E-state index in [1.807, 2.05) is 18.7 Å². The van der Waals surface area contributed by atoms with E-state index in [0.717, 1.165) is 18.6 Å². The average molecular weight is 246 g/mol. The van der Waals surface area contributed by atoms with Crippen molar-refractivity contribution in [3.63, 3.8) is 0 Å². The fourth-order valence-corrected chi connectivity index (χ4v) is 3.61. The van der Waals surface area contributed by atoms with Gasteiger partial charge in [-0.25, -0.2) is 0 Å². The Morgan fingerprint density at radius 1 is 1.53 bits per heavy atom. The molecule has 1 aromatic carbocycles. The molecule has 1 aliphatic heterocycles. The number of thioether (sulfide) groups is 1. The second-order valence-electron chi connectivity index (χ2n) is 4.19. The molecular weight excluding hydrogens is 228 g/mol. The van der Waals surface area contributed by atoms with E-state index in [9.17, 15) is 0 Å². The van der Waals surface area contributed by atoms with Crippen LogP contribution in [0.15, 0.2) is 29.2 Å². The van der Waals surface area contributed by atoms with Gasteiger partial charge in [0.1, 0.15) is 0 Å². The topological polar surface area (TPSA) is 38.0 Å². The van der Waals surface area contributed by atoms with Gasteiger partial charge in [0, 0.05) is 29.0 Å². The Morgan fingerprint density at radius 2 is 2.35 bits per heavy atom. The highest BCUT2D eigenvalue weighted by molar-refractivity contribution is 7.99. The Labute approximate surface area is 107 Å². The fraction of sp³-hybridized carbons (Fsp3) is 0.429. The fourth-order valence-electron chi connectivity index (χ4n) is 2.27. The lowest BCUT2D eigenvalue weighted by Gasteiger charge is -2.22. The van der Waals surface area contributed by atoms with Gasteiger partial charge in [-0.05, 0) is 25.0 Å². The van der Waals surface area contributed by atoms with Crippen LogP contribution >= 0.6 is 11.8 Å². The largest absolute Gasteiger partial charge is 0.271 e. The van der Waals surface area contributed by atoms with Crippen molar-refractivity contribution < 1.29 is 0 Å². The first kappa shape index (κ1) is 12.5. The van der Waals surface area contributed by atoms with Gasteiger partial charge in [0.05, 0.1) is 0 Å². The third-order valence-electron chi connectivity index (χ3n) is 3.19. The van der Waals surface area contributed by atoms with Crippen molar-refractivity contribution in [1.82, 2.24) is 5.43 Å². The van der Waals surface area contributed by atoms with Crippen LogP contribution in [0.4, 0.5) is 0 Å². The minimum atomic E-state index is 0.326. The summed E-state index contributed by atoms with van der Waals surface area (Å²) in [6.07, 6.45) is 1.92. The highest BCUT2D eigenvalue weighted by Gasteiger charge is 2.28. The summed E-state index contributed by atoms with van der Waals surface area (Å²) in [7, 11) is 0. The van der Waals surface area contributed by atoms with Crippen molar-refractivity contribution in [2.45, 2.75) is 36.6 Å². The smallest absolute Gasteiger partial charge is 0.0296 e. The Kier molecular flexibility index (Phi) is 4.49. The molecule has 0 fully saturated rings. The van der Waals surface area contributed by atoms with Crippen LogP contribution in [-0.2, 0) is 0 Å². The van der Waals surface area contributed by atoms with Crippen molar-refractivity contribution in [1.29, 1.82) is 0 Å². The molecule has 0 aromatic heterocycles. The van der Waals surface area contributed by atoms with Crippen molar-refractivity contribution in [3.05, 3.63) is 29.8 Å². The molecule has 0 spiro atoms. The summed E-state index contributed by atoms with van der Waals surface area (Å²) in [5.74, 6) is 13.4. The molecule has 1 aliphatic rings. The number of hydrogen-bond acceptors (Lipinski definition) is 3. The SMILES string of the molecule is CC#CCCC(NN)C1CSc2ccccc21. The van der Waals surface area contributed by atoms with Crippen LogP contribution in [0.25, 0.3) is 0 Å². The highest BCUT2D eigenvalue weighted by Crippen LogP contribution is 2.41. The van der Waals surface area contributed by atoms with Crippen LogP contribution < -0.4 is 11.3 Å². The van der Waals surface area contributed by atoms with E-state index < -0.39 is 0 Å². The number of nitrogens with two attached hydrogens (primary N) is 1. The van der Waals surface area contributed by atoms with Gasteiger partial charge in [-0.2, -0.15) is 0 Å². The molecule has 0 saturated carbocycles. The van der Waals surface area contributed by atoms with E-state index in [1.165, 1.54) is 10.5 Å². The van der Waals surface area contributed by atoms with Crippen LogP contribution in [0.3, 0.4) is 0 Å². The summed E-state index contributed by atoms with van der Waals surface area (Å²) in [5.41, 5.74) is 4.40. The summed E-state index contributed by atoms with van der Waals surface area (Å²) in [5, 5.41) is 0. The number of hydrazine groups is 1.